The molecule has 3 heterocycles. The largest absolute Gasteiger partial charge is 0.493 e. The van der Waals surface area contributed by atoms with Gasteiger partial charge in [0.15, 0.2) is 11.5 Å². The van der Waals surface area contributed by atoms with Crippen LogP contribution in [-0.4, -0.2) is 37.5 Å². The highest BCUT2D eigenvalue weighted by atomic mass is 79.9. The molecule has 2 aliphatic heterocycles. The molecule has 0 bridgehead atoms. The summed E-state index contributed by atoms with van der Waals surface area (Å²) in [6, 6.07) is 12.2. The van der Waals surface area contributed by atoms with Crippen molar-refractivity contribution in [2.24, 2.45) is 0 Å². The molecule has 170 valence electrons. The summed E-state index contributed by atoms with van der Waals surface area (Å²) in [6.07, 6.45) is 0.469. The second-order valence-corrected chi connectivity index (χ2v) is 10.1. The summed E-state index contributed by atoms with van der Waals surface area (Å²) >= 11 is 5.00. The minimum Gasteiger partial charge on any atom is -0.493 e. The summed E-state index contributed by atoms with van der Waals surface area (Å²) in [6.45, 7) is 1.81. The minimum absolute atomic E-state index is 0.0690. The predicted molar refractivity (Wildman–Crippen MR) is 130 cm³/mol. The van der Waals surface area contributed by atoms with Crippen LogP contribution in [0.5, 0.6) is 11.5 Å². The Bertz CT molecular complexity index is 1240. The highest BCUT2D eigenvalue weighted by molar-refractivity contribution is 9.10. The Morgan fingerprint density at radius 2 is 1.94 bits per heavy atom. The van der Waals surface area contributed by atoms with Crippen LogP contribution in [0.1, 0.15) is 42.9 Å². The summed E-state index contributed by atoms with van der Waals surface area (Å²) < 4.78 is 11.9. The standard InChI is InChI=1S/C24H22BrN3O4S/c1-28-10-9-16-19(12-28)33-23-20(16)22(29)26-21(27-23)14-5-8-17(18(11-14)31-2)32-24(30)13-3-6-15(25)7-4-13/h3-8,11,21,27H,9-10,12H2,1-2H3,(H,26,29)/t21-/m1/s1. The lowest BCUT2D eigenvalue weighted by molar-refractivity contribution is 0.0729. The minimum atomic E-state index is -0.476. The van der Waals surface area contributed by atoms with E-state index in [1.165, 1.54) is 12.0 Å². The van der Waals surface area contributed by atoms with E-state index in [4.69, 9.17) is 9.47 Å². The maximum absolute atomic E-state index is 13.0. The molecular weight excluding hydrogens is 506 g/mol. The Morgan fingerprint density at radius 1 is 1.15 bits per heavy atom. The molecule has 2 aliphatic rings. The van der Waals surface area contributed by atoms with Gasteiger partial charge >= 0.3 is 5.97 Å². The average molecular weight is 528 g/mol. The molecule has 0 aliphatic carbocycles. The molecule has 0 saturated carbocycles. The Morgan fingerprint density at radius 3 is 2.70 bits per heavy atom. The Labute approximate surface area is 203 Å². The zero-order valence-corrected chi connectivity index (χ0v) is 20.5. The molecule has 1 atom stereocenters. The molecule has 0 saturated heterocycles. The summed E-state index contributed by atoms with van der Waals surface area (Å²) in [5, 5.41) is 7.41. The number of nitrogens with one attached hydrogen (secondary N) is 2. The molecule has 9 heteroatoms. The van der Waals surface area contributed by atoms with Crippen molar-refractivity contribution in [3.8, 4) is 11.5 Å². The SMILES string of the molecule is COc1cc([C@@H]2NC(=O)c3c(sc4c3CCN(C)C4)N2)ccc1OC(=O)c1ccc(Br)cc1. The molecule has 2 N–H and O–H groups in total. The lowest BCUT2D eigenvalue weighted by atomic mass is 10.0. The Balaban J connectivity index is 1.38. The fraction of sp³-hybridized carbons (Fsp3) is 0.250. The second-order valence-electron chi connectivity index (χ2n) is 8.05. The maximum atomic E-state index is 13.0. The van der Waals surface area contributed by atoms with Gasteiger partial charge in [-0.3, -0.25) is 4.79 Å². The monoisotopic (exact) mass is 527 g/mol. The van der Waals surface area contributed by atoms with Crippen molar-refractivity contribution in [2.75, 3.05) is 26.0 Å². The van der Waals surface area contributed by atoms with Gasteiger partial charge in [-0.15, -0.1) is 11.3 Å². The van der Waals surface area contributed by atoms with Gasteiger partial charge in [-0.05, 0) is 61.0 Å². The van der Waals surface area contributed by atoms with Crippen molar-refractivity contribution in [3.05, 3.63) is 74.1 Å². The third-order valence-corrected chi connectivity index (χ3v) is 7.51. The molecule has 3 aromatic rings. The van der Waals surface area contributed by atoms with Gasteiger partial charge in [0.1, 0.15) is 11.2 Å². The van der Waals surface area contributed by atoms with Crippen LogP contribution < -0.4 is 20.1 Å². The molecule has 1 aromatic heterocycles. The zero-order chi connectivity index (χ0) is 23.1. The lowest BCUT2D eigenvalue weighted by Crippen LogP contribution is -2.38. The number of amides is 1. The van der Waals surface area contributed by atoms with Gasteiger partial charge in [-0.2, -0.15) is 0 Å². The smallest absolute Gasteiger partial charge is 0.343 e. The van der Waals surface area contributed by atoms with E-state index in [1.54, 1.807) is 47.7 Å². The van der Waals surface area contributed by atoms with E-state index in [9.17, 15) is 9.59 Å². The van der Waals surface area contributed by atoms with Crippen LogP contribution in [0.4, 0.5) is 5.00 Å². The summed E-state index contributed by atoms with van der Waals surface area (Å²) in [4.78, 5) is 29.0. The van der Waals surface area contributed by atoms with Crippen molar-refractivity contribution in [1.82, 2.24) is 10.2 Å². The number of hydrogen-bond acceptors (Lipinski definition) is 7. The van der Waals surface area contributed by atoms with E-state index in [0.717, 1.165) is 45.7 Å². The summed E-state index contributed by atoms with van der Waals surface area (Å²) in [5.74, 6) is 0.176. The van der Waals surface area contributed by atoms with E-state index in [0.29, 0.717) is 17.1 Å². The number of anilines is 1. The number of methoxy groups -OCH3 is 1. The number of fused-ring (bicyclic) bond motifs is 3. The Kier molecular flexibility index (Phi) is 5.86. The molecular formula is C24H22BrN3O4S. The molecule has 0 spiro atoms. The molecule has 5 rings (SSSR count). The van der Waals surface area contributed by atoms with E-state index in [2.05, 4.69) is 38.5 Å². The lowest BCUT2D eigenvalue weighted by Gasteiger charge is -2.27. The molecule has 2 aromatic carbocycles. The number of ether oxygens (including phenoxy) is 2. The van der Waals surface area contributed by atoms with Crippen LogP contribution in [0.15, 0.2) is 46.9 Å². The second kappa shape index (κ2) is 8.81. The number of halogens is 1. The normalized spacial score (nSPS) is 17.4. The highest BCUT2D eigenvalue weighted by Gasteiger charge is 2.33. The van der Waals surface area contributed by atoms with Gasteiger partial charge in [-0.1, -0.05) is 22.0 Å². The fourth-order valence-corrected chi connectivity index (χ4v) is 5.72. The van der Waals surface area contributed by atoms with E-state index >= 15 is 0 Å². The summed E-state index contributed by atoms with van der Waals surface area (Å²) in [5.41, 5.74) is 3.17. The summed E-state index contributed by atoms with van der Waals surface area (Å²) in [7, 11) is 3.61. The third kappa shape index (κ3) is 4.23. The molecule has 0 unspecified atom stereocenters. The van der Waals surface area contributed by atoms with Gasteiger partial charge in [0.2, 0.25) is 0 Å². The first-order valence-corrected chi connectivity index (χ1v) is 12.1. The number of likely N-dealkylation sites (N-methyl/N-ethyl adjacent to an activating group) is 1. The number of carbonyl (C=O) groups is 2. The van der Waals surface area contributed by atoms with Crippen LogP contribution in [0.25, 0.3) is 0 Å². The quantitative estimate of drug-likeness (QED) is 0.381. The fourth-order valence-electron chi connectivity index (χ4n) is 4.10. The Hall–Kier alpha value is -2.88. The number of nitrogens with zero attached hydrogens (tertiary/aromatic N) is 1. The maximum Gasteiger partial charge on any atom is 0.343 e. The highest BCUT2D eigenvalue weighted by Crippen LogP contribution is 2.41. The third-order valence-electron chi connectivity index (χ3n) is 5.83. The van der Waals surface area contributed by atoms with E-state index in [1.807, 2.05) is 6.07 Å². The van der Waals surface area contributed by atoms with Crippen LogP contribution in [0.3, 0.4) is 0 Å². The molecule has 1 amide bonds. The van der Waals surface area contributed by atoms with Crippen LogP contribution >= 0.6 is 27.3 Å². The molecule has 7 nitrogen and oxygen atoms in total. The van der Waals surface area contributed by atoms with Crippen LogP contribution in [0.2, 0.25) is 0 Å². The van der Waals surface area contributed by atoms with Crippen molar-refractivity contribution in [2.45, 2.75) is 19.1 Å². The van der Waals surface area contributed by atoms with E-state index < -0.39 is 12.1 Å². The number of esters is 1. The number of hydrogen-bond donors (Lipinski definition) is 2. The van der Waals surface area contributed by atoms with E-state index in [-0.39, 0.29) is 5.91 Å². The van der Waals surface area contributed by atoms with Crippen molar-refractivity contribution in [3.63, 3.8) is 0 Å². The molecule has 33 heavy (non-hydrogen) atoms. The number of benzene rings is 2. The van der Waals surface area contributed by atoms with Gasteiger partial charge in [0.25, 0.3) is 5.91 Å². The first-order chi connectivity index (χ1) is 15.9. The predicted octanol–water partition coefficient (Wildman–Crippen LogP) is 4.58. The first kappa shape index (κ1) is 21.9. The number of rotatable bonds is 4. The number of carbonyl (C=O) groups excluding carboxylic acids is 2. The van der Waals surface area contributed by atoms with Crippen molar-refractivity contribution >= 4 is 44.1 Å². The zero-order valence-electron chi connectivity index (χ0n) is 18.1. The van der Waals surface area contributed by atoms with Gasteiger partial charge in [0.05, 0.1) is 18.2 Å². The van der Waals surface area contributed by atoms with Gasteiger partial charge in [0, 0.05) is 22.4 Å². The first-order valence-electron chi connectivity index (χ1n) is 10.5. The van der Waals surface area contributed by atoms with Gasteiger partial charge < -0.3 is 25.0 Å². The van der Waals surface area contributed by atoms with Gasteiger partial charge in [-0.25, -0.2) is 4.79 Å². The van der Waals surface area contributed by atoms with Crippen LogP contribution in [0, 0.1) is 0 Å². The molecule has 0 fully saturated rings. The topological polar surface area (TPSA) is 79.9 Å². The molecule has 0 radical (unpaired) electrons. The van der Waals surface area contributed by atoms with Crippen molar-refractivity contribution < 1.29 is 19.1 Å². The average Bonchev–Trinajstić information content (AvgIpc) is 3.17. The van der Waals surface area contributed by atoms with Crippen LogP contribution in [-0.2, 0) is 13.0 Å². The van der Waals surface area contributed by atoms with Crippen molar-refractivity contribution in [1.29, 1.82) is 0 Å². The number of thiophene rings is 1.